The van der Waals surface area contributed by atoms with Crippen molar-refractivity contribution in [2.24, 2.45) is 0 Å². The van der Waals surface area contributed by atoms with E-state index in [4.69, 9.17) is 9.57 Å². The first kappa shape index (κ1) is 19.9. The molecular formula is C21H19FN4O4S. The molecule has 1 saturated heterocycles. The highest BCUT2D eigenvalue weighted by Crippen LogP contribution is 2.32. The minimum absolute atomic E-state index is 0.0448. The molecule has 1 aliphatic heterocycles. The fourth-order valence-electron chi connectivity index (χ4n) is 3.83. The molecule has 3 aromatic heterocycles. The van der Waals surface area contributed by atoms with Gasteiger partial charge in [-0.15, -0.1) is 11.3 Å². The van der Waals surface area contributed by atoms with Crippen molar-refractivity contribution in [2.75, 3.05) is 45.4 Å². The number of ether oxygens (including phenoxy) is 1. The summed E-state index contributed by atoms with van der Waals surface area (Å²) in [5.74, 6) is -1.03. The number of hydroxylamine groups is 2. The van der Waals surface area contributed by atoms with Crippen LogP contribution in [0, 0.1) is 5.82 Å². The lowest BCUT2D eigenvalue weighted by atomic mass is 10.1. The maximum atomic E-state index is 15.1. The Morgan fingerprint density at radius 2 is 2.03 bits per heavy atom. The molecule has 0 atom stereocenters. The molecule has 1 fully saturated rings. The number of fused-ring (bicyclic) bond motifs is 5. The molecule has 0 unspecified atom stereocenters. The SMILES string of the molecule is CON(C)C(=O)c1c(=O)c2cc(F)c(N3CCOCC3)nc2n2c1sc1ccccc12. The van der Waals surface area contributed by atoms with Gasteiger partial charge in [0.05, 0.1) is 35.9 Å². The van der Waals surface area contributed by atoms with Gasteiger partial charge in [0.1, 0.15) is 10.4 Å². The average molecular weight is 442 g/mol. The molecule has 160 valence electrons. The Morgan fingerprint density at radius 1 is 1.29 bits per heavy atom. The van der Waals surface area contributed by atoms with Crippen molar-refractivity contribution in [1.82, 2.24) is 14.4 Å². The van der Waals surface area contributed by atoms with E-state index in [1.165, 1.54) is 31.6 Å². The van der Waals surface area contributed by atoms with Crippen LogP contribution in [0.2, 0.25) is 0 Å². The first-order chi connectivity index (χ1) is 15.0. The van der Waals surface area contributed by atoms with Crippen LogP contribution < -0.4 is 10.3 Å². The van der Waals surface area contributed by atoms with Crippen molar-refractivity contribution < 1.29 is 18.8 Å². The van der Waals surface area contributed by atoms with E-state index < -0.39 is 17.2 Å². The molecule has 0 radical (unpaired) electrons. The molecule has 1 amide bonds. The number of halogens is 1. The third kappa shape index (κ3) is 3.06. The summed E-state index contributed by atoms with van der Waals surface area (Å²) in [6.45, 7) is 1.97. The summed E-state index contributed by atoms with van der Waals surface area (Å²) in [7, 11) is 2.77. The van der Waals surface area contributed by atoms with Crippen LogP contribution in [0.3, 0.4) is 0 Å². The highest BCUT2D eigenvalue weighted by Gasteiger charge is 2.27. The zero-order valence-electron chi connectivity index (χ0n) is 16.9. The molecule has 4 aromatic rings. The van der Waals surface area contributed by atoms with Gasteiger partial charge in [-0.1, -0.05) is 12.1 Å². The molecule has 0 spiro atoms. The number of hydrogen-bond donors (Lipinski definition) is 0. The van der Waals surface area contributed by atoms with Crippen LogP contribution in [0.4, 0.5) is 10.2 Å². The molecule has 0 aliphatic carbocycles. The van der Waals surface area contributed by atoms with Gasteiger partial charge in [0, 0.05) is 20.1 Å². The van der Waals surface area contributed by atoms with Crippen LogP contribution in [-0.2, 0) is 9.57 Å². The molecule has 0 bridgehead atoms. The number of para-hydroxylation sites is 1. The van der Waals surface area contributed by atoms with E-state index in [0.29, 0.717) is 36.8 Å². The lowest BCUT2D eigenvalue weighted by molar-refractivity contribution is -0.0756. The Kier molecular flexibility index (Phi) is 4.84. The number of carbonyl (C=O) groups excluding carboxylic acids is 1. The Morgan fingerprint density at radius 3 is 2.77 bits per heavy atom. The maximum absolute atomic E-state index is 15.1. The number of thiazole rings is 1. The smallest absolute Gasteiger partial charge is 0.284 e. The summed E-state index contributed by atoms with van der Waals surface area (Å²) >= 11 is 1.31. The van der Waals surface area contributed by atoms with Crippen LogP contribution in [-0.4, -0.2) is 60.8 Å². The second kappa shape index (κ2) is 7.56. The zero-order chi connectivity index (χ0) is 21.7. The van der Waals surface area contributed by atoms with Gasteiger partial charge in [0.25, 0.3) is 5.91 Å². The lowest BCUT2D eigenvalue weighted by Gasteiger charge is -2.28. The summed E-state index contributed by atoms with van der Waals surface area (Å²) in [6, 6.07) is 8.72. The number of pyridine rings is 2. The summed E-state index contributed by atoms with van der Waals surface area (Å²) in [6.07, 6.45) is 0. The van der Waals surface area contributed by atoms with Gasteiger partial charge in [0.2, 0.25) is 5.43 Å². The summed E-state index contributed by atoms with van der Waals surface area (Å²) in [5, 5.41) is 1.03. The fourth-order valence-corrected chi connectivity index (χ4v) is 5.00. The third-order valence-corrected chi connectivity index (χ3v) is 6.58. The van der Waals surface area contributed by atoms with E-state index in [2.05, 4.69) is 4.98 Å². The number of aromatic nitrogens is 2. The quantitative estimate of drug-likeness (QED) is 0.454. The van der Waals surface area contributed by atoms with Crippen molar-refractivity contribution in [3.05, 3.63) is 51.9 Å². The average Bonchev–Trinajstić information content (AvgIpc) is 3.18. The number of carbonyl (C=O) groups is 1. The number of rotatable bonds is 3. The number of benzene rings is 1. The predicted molar refractivity (Wildman–Crippen MR) is 116 cm³/mol. The van der Waals surface area contributed by atoms with E-state index in [-0.39, 0.29) is 16.8 Å². The van der Waals surface area contributed by atoms with E-state index in [1.54, 1.807) is 4.40 Å². The first-order valence-electron chi connectivity index (χ1n) is 9.72. The van der Waals surface area contributed by atoms with Crippen molar-refractivity contribution in [2.45, 2.75) is 0 Å². The first-order valence-corrected chi connectivity index (χ1v) is 10.5. The maximum Gasteiger partial charge on any atom is 0.284 e. The van der Waals surface area contributed by atoms with Gasteiger partial charge < -0.3 is 9.64 Å². The predicted octanol–water partition coefficient (Wildman–Crippen LogP) is 2.67. The number of morpholine rings is 1. The number of amides is 1. The highest BCUT2D eigenvalue weighted by atomic mass is 32.1. The van der Waals surface area contributed by atoms with Crippen molar-refractivity contribution in [3.63, 3.8) is 0 Å². The molecule has 8 nitrogen and oxygen atoms in total. The van der Waals surface area contributed by atoms with Crippen LogP contribution in [0.5, 0.6) is 0 Å². The topological polar surface area (TPSA) is 76.4 Å². The molecule has 31 heavy (non-hydrogen) atoms. The number of nitrogens with zero attached hydrogens (tertiary/aromatic N) is 4. The molecule has 1 aromatic carbocycles. The minimum Gasteiger partial charge on any atom is -0.378 e. The van der Waals surface area contributed by atoms with Crippen molar-refractivity contribution in [3.8, 4) is 0 Å². The minimum atomic E-state index is -0.607. The normalized spacial score (nSPS) is 14.6. The van der Waals surface area contributed by atoms with Gasteiger partial charge in [-0.25, -0.2) is 14.4 Å². The molecule has 10 heteroatoms. The molecular weight excluding hydrogens is 423 g/mol. The van der Waals surface area contributed by atoms with Crippen LogP contribution >= 0.6 is 11.3 Å². The molecule has 1 aliphatic rings. The second-order valence-electron chi connectivity index (χ2n) is 7.16. The standard InChI is InChI=1S/C21H19FN4O4S/c1-24(29-2)20(28)16-17(27)12-11-13(22)19(25-7-9-30-10-8-25)23-18(12)26-14-5-3-4-6-15(14)31-21(16)26/h3-6,11H,7-10H2,1-2H3. The molecule has 4 heterocycles. The lowest BCUT2D eigenvalue weighted by Crippen LogP contribution is -2.37. The van der Waals surface area contributed by atoms with Crippen LogP contribution in [0.15, 0.2) is 35.1 Å². The second-order valence-corrected chi connectivity index (χ2v) is 8.19. The Labute approximate surface area is 180 Å². The Balaban J connectivity index is 1.91. The Hall–Kier alpha value is -3.08. The summed E-state index contributed by atoms with van der Waals surface area (Å²) in [4.78, 5) is 38.2. The third-order valence-electron chi connectivity index (χ3n) is 5.43. The van der Waals surface area contributed by atoms with E-state index in [9.17, 15) is 9.59 Å². The van der Waals surface area contributed by atoms with Crippen LogP contribution in [0.25, 0.3) is 26.1 Å². The van der Waals surface area contributed by atoms with Gasteiger partial charge in [-0.2, -0.15) is 0 Å². The summed E-state index contributed by atoms with van der Waals surface area (Å²) in [5.41, 5.74) is 0.458. The van der Waals surface area contributed by atoms with E-state index >= 15 is 4.39 Å². The highest BCUT2D eigenvalue weighted by molar-refractivity contribution is 7.24. The van der Waals surface area contributed by atoms with Gasteiger partial charge in [0.15, 0.2) is 17.3 Å². The monoisotopic (exact) mass is 442 g/mol. The molecule has 0 N–H and O–H groups in total. The molecule has 0 saturated carbocycles. The van der Waals surface area contributed by atoms with Gasteiger partial charge in [-0.3, -0.25) is 18.8 Å². The van der Waals surface area contributed by atoms with Crippen molar-refractivity contribution >= 4 is 49.1 Å². The number of anilines is 1. The molecule has 5 rings (SSSR count). The van der Waals surface area contributed by atoms with Crippen molar-refractivity contribution in [1.29, 1.82) is 0 Å². The van der Waals surface area contributed by atoms with E-state index in [0.717, 1.165) is 15.3 Å². The van der Waals surface area contributed by atoms with Crippen LogP contribution in [0.1, 0.15) is 10.4 Å². The zero-order valence-corrected chi connectivity index (χ0v) is 17.7. The largest absolute Gasteiger partial charge is 0.378 e. The Bertz CT molecular complexity index is 1390. The van der Waals surface area contributed by atoms with Gasteiger partial charge >= 0.3 is 0 Å². The fraction of sp³-hybridized carbons (Fsp3) is 0.286. The number of hydrogen-bond acceptors (Lipinski definition) is 7. The summed E-state index contributed by atoms with van der Waals surface area (Å²) < 4.78 is 23.1. The van der Waals surface area contributed by atoms with Gasteiger partial charge in [-0.05, 0) is 18.2 Å². The van der Waals surface area contributed by atoms with E-state index in [1.807, 2.05) is 29.2 Å².